The Kier molecular flexibility index (Phi) is 3.72. The van der Waals surface area contributed by atoms with Crippen LogP contribution in [0.5, 0.6) is 0 Å². The molecule has 0 bridgehead atoms. The van der Waals surface area contributed by atoms with E-state index in [0.29, 0.717) is 16.0 Å². The number of halogens is 3. The van der Waals surface area contributed by atoms with Crippen LogP contribution in [0, 0.1) is 6.92 Å². The summed E-state index contributed by atoms with van der Waals surface area (Å²) in [5, 5.41) is 4.06. The van der Waals surface area contributed by atoms with Crippen molar-refractivity contribution in [1.82, 2.24) is 15.1 Å². The van der Waals surface area contributed by atoms with E-state index >= 15 is 0 Å². The van der Waals surface area contributed by atoms with Crippen LogP contribution in [-0.4, -0.2) is 20.9 Å². The average molecular weight is 339 g/mol. The molecule has 0 spiro atoms. The van der Waals surface area contributed by atoms with Gasteiger partial charge in [-0.05, 0) is 6.92 Å². The van der Waals surface area contributed by atoms with Crippen molar-refractivity contribution < 1.29 is 22.5 Å². The molecule has 0 amide bonds. The Hall–Kier alpha value is -2.55. The van der Waals surface area contributed by atoms with Gasteiger partial charge in [0.05, 0.1) is 9.88 Å². The minimum Gasteiger partial charge on any atom is -0.329 e. The fraction of sp³-hybridized carbons (Fsp3) is 0.143. The highest BCUT2D eigenvalue weighted by Crippen LogP contribution is 2.29. The second-order valence-corrected chi connectivity index (χ2v) is 5.81. The maximum absolute atomic E-state index is 12.4. The number of aromatic nitrogens is 3. The topological polar surface area (TPSA) is 68.9 Å². The third kappa shape index (κ3) is 3.14. The second kappa shape index (κ2) is 5.58. The number of aryl methyl sites for hydroxylation is 1. The van der Waals surface area contributed by atoms with Crippen molar-refractivity contribution in [2.75, 3.05) is 0 Å². The van der Waals surface area contributed by atoms with Gasteiger partial charge in [0.15, 0.2) is 0 Å². The largest absolute Gasteiger partial charge is 0.471 e. The first-order chi connectivity index (χ1) is 10.8. The third-order valence-corrected chi connectivity index (χ3v) is 3.83. The van der Waals surface area contributed by atoms with Crippen molar-refractivity contribution >= 4 is 17.1 Å². The van der Waals surface area contributed by atoms with Crippen LogP contribution in [0.15, 0.2) is 35.0 Å². The molecule has 1 aromatic carbocycles. The molecule has 3 rings (SSSR count). The van der Waals surface area contributed by atoms with Gasteiger partial charge in [-0.15, -0.1) is 11.3 Å². The van der Waals surface area contributed by atoms with Crippen molar-refractivity contribution in [3.63, 3.8) is 0 Å². The van der Waals surface area contributed by atoms with Crippen LogP contribution in [0.25, 0.3) is 11.4 Å². The van der Waals surface area contributed by atoms with Gasteiger partial charge in [-0.1, -0.05) is 29.4 Å². The summed E-state index contributed by atoms with van der Waals surface area (Å²) in [7, 11) is 0. The van der Waals surface area contributed by atoms with Crippen LogP contribution in [0.4, 0.5) is 13.2 Å². The van der Waals surface area contributed by atoms with Gasteiger partial charge >= 0.3 is 12.1 Å². The van der Waals surface area contributed by atoms with Crippen LogP contribution in [0.2, 0.25) is 0 Å². The molecule has 0 unspecified atom stereocenters. The number of thiazole rings is 1. The molecule has 0 saturated carbocycles. The Morgan fingerprint density at radius 2 is 1.91 bits per heavy atom. The van der Waals surface area contributed by atoms with Crippen molar-refractivity contribution in [1.29, 1.82) is 0 Å². The predicted octanol–water partition coefficient (Wildman–Crippen LogP) is 3.75. The van der Waals surface area contributed by atoms with Crippen molar-refractivity contribution in [2.24, 2.45) is 0 Å². The van der Waals surface area contributed by atoms with Gasteiger partial charge in [-0.2, -0.15) is 18.2 Å². The van der Waals surface area contributed by atoms with Gasteiger partial charge < -0.3 is 4.52 Å². The number of benzene rings is 1. The maximum Gasteiger partial charge on any atom is 0.471 e. The van der Waals surface area contributed by atoms with Crippen LogP contribution in [-0.2, 0) is 6.18 Å². The molecule has 0 saturated heterocycles. The highest BCUT2D eigenvalue weighted by Gasteiger charge is 2.38. The molecule has 0 aliphatic heterocycles. The van der Waals surface area contributed by atoms with Gasteiger partial charge in [-0.3, -0.25) is 4.79 Å². The number of carbonyl (C=O) groups is 1. The first kappa shape index (κ1) is 15.3. The minimum absolute atomic E-state index is 0.190. The zero-order valence-corrected chi connectivity index (χ0v) is 12.4. The fourth-order valence-corrected chi connectivity index (χ4v) is 2.57. The normalized spacial score (nSPS) is 11.7. The molecule has 0 fully saturated rings. The molecule has 0 radical (unpaired) electrons. The van der Waals surface area contributed by atoms with E-state index in [9.17, 15) is 18.0 Å². The first-order valence-corrected chi connectivity index (χ1v) is 7.15. The van der Waals surface area contributed by atoms with E-state index < -0.39 is 12.1 Å². The van der Waals surface area contributed by atoms with E-state index in [0.717, 1.165) is 5.01 Å². The number of carbonyl (C=O) groups excluding carboxylic acids is 1. The van der Waals surface area contributed by atoms with E-state index in [1.54, 1.807) is 6.92 Å². The van der Waals surface area contributed by atoms with E-state index in [-0.39, 0.29) is 11.6 Å². The Morgan fingerprint density at radius 1 is 1.22 bits per heavy atom. The molecule has 2 heterocycles. The summed E-state index contributed by atoms with van der Waals surface area (Å²) < 4.78 is 41.5. The lowest BCUT2D eigenvalue weighted by Gasteiger charge is -1.99. The van der Waals surface area contributed by atoms with Gasteiger partial charge in [-0.25, -0.2) is 4.98 Å². The molecule has 2 aromatic heterocycles. The highest BCUT2D eigenvalue weighted by atomic mass is 32.1. The Balaban J connectivity index is 1.85. The number of ketones is 1. The van der Waals surface area contributed by atoms with E-state index in [1.165, 1.54) is 41.8 Å². The van der Waals surface area contributed by atoms with E-state index in [1.807, 2.05) is 0 Å². The zero-order chi connectivity index (χ0) is 16.6. The smallest absolute Gasteiger partial charge is 0.329 e. The number of rotatable bonds is 3. The Bertz CT molecular complexity index is 853. The second-order valence-electron chi connectivity index (χ2n) is 4.57. The molecule has 0 atom stereocenters. The lowest BCUT2D eigenvalue weighted by atomic mass is 10.1. The Morgan fingerprint density at radius 3 is 2.43 bits per heavy atom. The summed E-state index contributed by atoms with van der Waals surface area (Å²) in [6.07, 6.45) is -3.20. The standard InChI is InChI=1S/C14H8F3N3O2S/c1-7-18-6-10(23-7)11(21)8-2-4-9(5-3-8)12-19-13(22-20-12)14(15,16)17/h2-6H,1H3. The molecule has 118 valence electrons. The SMILES string of the molecule is Cc1ncc(C(=O)c2ccc(-c3noc(C(F)(F)F)n3)cc2)s1. The summed E-state index contributed by atoms with van der Waals surface area (Å²) in [5.41, 5.74) is 0.721. The summed E-state index contributed by atoms with van der Waals surface area (Å²) >= 11 is 1.27. The third-order valence-electron chi connectivity index (χ3n) is 2.92. The van der Waals surface area contributed by atoms with Crippen molar-refractivity contribution in [3.05, 3.63) is 51.8 Å². The van der Waals surface area contributed by atoms with Crippen molar-refractivity contribution in [3.8, 4) is 11.4 Å². The molecule has 0 aliphatic rings. The lowest BCUT2D eigenvalue weighted by molar-refractivity contribution is -0.159. The van der Waals surface area contributed by atoms with Crippen LogP contribution >= 0.6 is 11.3 Å². The average Bonchev–Trinajstić information content (AvgIpc) is 3.15. The first-order valence-electron chi connectivity index (χ1n) is 6.33. The van der Waals surface area contributed by atoms with Crippen LogP contribution in [0.3, 0.4) is 0 Å². The van der Waals surface area contributed by atoms with Gasteiger partial charge in [0.25, 0.3) is 0 Å². The molecule has 9 heteroatoms. The molecular weight excluding hydrogens is 331 g/mol. The van der Waals surface area contributed by atoms with Crippen LogP contribution in [0.1, 0.15) is 26.1 Å². The van der Waals surface area contributed by atoms with Crippen molar-refractivity contribution in [2.45, 2.75) is 13.1 Å². The summed E-state index contributed by atoms with van der Waals surface area (Å²) in [5.74, 6) is -1.80. The summed E-state index contributed by atoms with van der Waals surface area (Å²) in [6, 6.07) is 5.92. The molecular formula is C14H8F3N3O2S. The Labute approximate surface area is 131 Å². The molecule has 3 aromatic rings. The number of alkyl halides is 3. The molecule has 23 heavy (non-hydrogen) atoms. The zero-order valence-electron chi connectivity index (χ0n) is 11.6. The predicted molar refractivity (Wildman–Crippen MR) is 75.0 cm³/mol. The van der Waals surface area contributed by atoms with E-state index in [2.05, 4.69) is 19.6 Å². The molecule has 0 aliphatic carbocycles. The number of nitrogens with zero attached hydrogens (tertiary/aromatic N) is 3. The fourth-order valence-electron chi connectivity index (χ4n) is 1.84. The molecule has 5 nitrogen and oxygen atoms in total. The summed E-state index contributed by atoms with van der Waals surface area (Å²) in [6.45, 7) is 1.79. The quantitative estimate of drug-likeness (QED) is 0.680. The number of hydrogen-bond acceptors (Lipinski definition) is 6. The highest BCUT2D eigenvalue weighted by molar-refractivity contribution is 7.13. The van der Waals surface area contributed by atoms with Gasteiger partial charge in [0.1, 0.15) is 0 Å². The van der Waals surface area contributed by atoms with Gasteiger partial charge in [0.2, 0.25) is 11.6 Å². The minimum atomic E-state index is -4.69. The molecule has 0 N–H and O–H groups in total. The number of hydrogen-bond donors (Lipinski definition) is 0. The summed E-state index contributed by atoms with van der Waals surface area (Å²) in [4.78, 5) is 20.0. The lowest BCUT2D eigenvalue weighted by Crippen LogP contribution is -2.04. The van der Waals surface area contributed by atoms with Crippen LogP contribution < -0.4 is 0 Å². The van der Waals surface area contributed by atoms with E-state index in [4.69, 9.17) is 0 Å². The maximum atomic E-state index is 12.4. The van der Waals surface area contributed by atoms with Gasteiger partial charge in [0, 0.05) is 17.3 Å². The monoisotopic (exact) mass is 339 g/mol.